The van der Waals surface area contributed by atoms with Crippen molar-refractivity contribution in [3.63, 3.8) is 0 Å². The third kappa shape index (κ3) is 2.87. The number of piperidine rings is 1. The van der Waals surface area contributed by atoms with Gasteiger partial charge in [-0.05, 0) is 19.9 Å². The Morgan fingerprint density at radius 3 is 3.05 bits per heavy atom. The molecular formula is C14H22N4O. The van der Waals surface area contributed by atoms with Crippen molar-refractivity contribution in [3.05, 3.63) is 18.6 Å². The molecule has 1 spiro atoms. The Balaban J connectivity index is 1.76. The van der Waals surface area contributed by atoms with Gasteiger partial charge in [0.2, 0.25) is 0 Å². The predicted octanol–water partition coefficient (Wildman–Crippen LogP) is 1.03. The second kappa shape index (κ2) is 5.43. The Bertz CT molecular complexity index is 413. The summed E-state index contributed by atoms with van der Waals surface area (Å²) >= 11 is 0. The van der Waals surface area contributed by atoms with E-state index in [2.05, 4.69) is 26.8 Å². The number of rotatable bonds is 1. The molecule has 1 aromatic rings. The van der Waals surface area contributed by atoms with Gasteiger partial charge in [0.25, 0.3) is 0 Å². The van der Waals surface area contributed by atoms with E-state index in [4.69, 9.17) is 4.74 Å². The Kier molecular flexibility index (Phi) is 3.66. The second-order valence-corrected chi connectivity index (χ2v) is 5.88. The van der Waals surface area contributed by atoms with Gasteiger partial charge in [0.05, 0.1) is 19.4 Å². The fraction of sp³-hybridized carbons (Fsp3) is 0.714. The summed E-state index contributed by atoms with van der Waals surface area (Å²) in [6, 6.07) is 0. The van der Waals surface area contributed by atoms with Gasteiger partial charge in [0, 0.05) is 44.0 Å². The van der Waals surface area contributed by atoms with Crippen molar-refractivity contribution in [2.75, 3.05) is 51.3 Å². The minimum Gasteiger partial charge on any atom is -0.379 e. The maximum absolute atomic E-state index is 5.84. The van der Waals surface area contributed by atoms with Crippen LogP contribution in [0.2, 0.25) is 0 Å². The normalized spacial score (nSPS) is 29.4. The Morgan fingerprint density at radius 1 is 1.26 bits per heavy atom. The topological polar surface area (TPSA) is 41.5 Å². The molecule has 104 valence electrons. The molecule has 2 aliphatic rings. The van der Waals surface area contributed by atoms with E-state index in [0.717, 1.165) is 45.2 Å². The van der Waals surface area contributed by atoms with Crippen molar-refractivity contribution in [1.82, 2.24) is 14.9 Å². The van der Waals surface area contributed by atoms with Crippen molar-refractivity contribution in [1.29, 1.82) is 0 Å². The summed E-state index contributed by atoms with van der Waals surface area (Å²) in [6.45, 7) is 5.97. The highest BCUT2D eigenvalue weighted by Gasteiger charge is 2.38. The van der Waals surface area contributed by atoms with E-state index in [-0.39, 0.29) is 5.41 Å². The van der Waals surface area contributed by atoms with Gasteiger partial charge in [-0.1, -0.05) is 0 Å². The average Bonchev–Trinajstić information content (AvgIpc) is 2.61. The predicted molar refractivity (Wildman–Crippen MR) is 74.2 cm³/mol. The first-order chi connectivity index (χ1) is 9.27. The van der Waals surface area contributed by atoms with Gasteiger partial charge >= 0.3 is 0 Å². The van der Waals surface area contributed by atoms with Crippen LogP contribution < -0.4 is 4.90 Å². The van der Waals surface area contributed by atoms with Crippen molar-refractivity contribution in [3.8, 4) is 0 Å². The van der Waals surface area contributed by atoms with Gasteiger partial charge in [-0.2, -0.15) is 0 Å². The van der Waals surface area contributed by atoms with Gasteiger partial charge in [-0.3, -0.25) is 4.98 Å². The Hall–Kier alpha value is -1.20. The summed E-state index contributed by atoms with van der Waals surface area (Å²) in [5.41, 5.74) is 0.251. The molecule has 3 heterocycles. The minimum absolute atomic E-state index is 0.251. The fourth-order valence-corrected chi connectivity index (χ4v) is 3.31. The van der Waals surface area contributed by atoms with E-state index in [9.17, 15) is 0 Å². The summed E-state index contributed by atoms with van der Waals surface area (Å²) in [5, 5.41) is 0. The molecule has 0 radical (unpaired) electrons. The van der Waals surface area contributed by atoms with Crippen LogP contribution in [-0.2, 0) is 4.74 Å². The largest absolute Gasteiger partial charge is 0.379 e. The summed E-state index contributed by atoms with van der Waals surface area (Å²) in [5.74, 6) is 0.994. The smallest absolute Gasteiger partial charge is 0.147 e. The number of likely N-dealkylation sites (N-methyl/N-ethyl adjacent to an activating group) is 1. The van der Waals surface area contributed by atoms with E-state index in [0.29, 0.717) is 0 Å². The summed E-state index contributed by atoms with van der Waals surface area (Å²) in [6.07, 6.45) is 7.81. The highest BCUT2D eigenvalue weighted by atomic mass is 16.5. The fourth-order valence-electron chi connectivity index (χ4n) is 3.31. The molecule has 5 nitrogen and oxygen atoms in total. The molecule has 2 saturated heterocycles. The van der Waals surface area contributed by atoms with Crippen LogP contribution in [0.25, 0.3) is 0 Å². The van der Waals surface area contributed by atoms with Crippen LogP contribution in [-0.4, -0.2) is 61.3 Å². The molecule has 2 fully saturated rings. The highest BCUT2D eigenvalue weighted by Crippen LogP contribution is 2.34. The zero-order chi connectivity index (χ0) is 13.1. The van der Waals surface area contributed by atoms with E-state index in [1.807, 2.05) is 6.20 Å². The van der Waals surface area contributed by atoms with Crippen LogP contribution in [0.1, 0.15) is 12.8 Å². The molecule has 5 heteroatoms. The molecule has 1 atom stereocenters. The van der Waals surface area contributed by atoms with Crippen LogP contribution in [0.3, 0.4) is 0 Å². The van der Waals surface area contributed by atoms with Crippen LogP contribution >= 0.6 is 0 Å². The molecule has 0 bridgehead atoms. The molecule has 0 saturated carbocycles. The Morgan fingerprint density at radius 2 is 2.21 bits per heavy atom. The standard InChI is InChI=1S/C14H22N4O/c1-17-7-8-19-12-14(10-17)3-2-6-18(11-14)13-9-15-4-5-16-13/h4-5,9H,2-3,6-8,10-12H2,1H3. The van der Waals surface area contributed by atoms with Gasteiger partial charge in [0.1, 0.15) is 5.82 Å². The van der Waals surface area contributed by atoms with Crippen molar-refractivity contribution in [2.45, 2.75) is 12.8 Å². The van der Waals surface area contributed by atoms with Gasteiger partial charge in [-0.25, -0.2) is 4.98 Å². The lowest BCUT2D eigenvalue weighted by Gasteiger charge is -2.43. The lowest BCUT2D eigenvalue weighted by Crippen LogP contribution is -2.50. The first-order valence-electron chi connectivity index (χ1n) is 7.05. The van der Waals surface area contributed by atoms with E-state index in [1.165, 1.54) is 12.8 Å². The molecule has 2 aliphatic heterocycles. The van der Waals surface area contributed by atoms with E-state index in [1.54, 1.807) is 12.4 Å². The van der Waals surface area contributed by atoms with Crippen molar-refractivity contribution >= 4 is 5.82 Å². The molecular weight excluding hydrogens is 240 g/mol. The maximum atomic E-state index is 5.84. The zero-order valence-corrected chi connectivity index (χ0v) is 11.6. The van der Waals surface area contributed by atoms with Gasteiger partial charge in [0.15, 0.2) is 0 Å². The molecule has 3 rings (SSSR count). The first kappa shape index (κ1) is 12.8. The Labute approximate surface area is 114 Å². The molecule has 0 aromatic carbocycles. The summed E-state index contributed by atoms with van der Waals surface area (Å²) in [7, 11) is 2.19. The summed E-state index contributed by atoms with van der Waals surface area (Å²) in [4.78, 5) is 13.4. The number of aromatic nitrogens is 2. The molecule has 19 heavy (non-hydrogen) atoms. The SMILES string of the molecule is CN1CCOCC2(CCCN(c3cnccn3)C2)C1. The van der Waals surface area contributed by atoms with Gasteiger partial charge in [-0.15, -0.1) is 0 Å². The van der Waals surface area contributed by atoms with E-state index < -0.39 is 0 Å². The molecule has 1 aromatic heterocycles. The average molecular weight is 262 g/mol. The van der Waals surface area contributed by atoms with Crippen LogP contribution in [0.15, 0.2) is 18.6 Å². The molecule has 1 unspecified atom stereocenters. The number of nitrogens with zero attached hydrogens (tertiary/aromatic N) is 4. The van der Waals surface area contributed by atoms with Crippen LogP contribution in [0.5, 0.6) is 0 Å². The molecule has 0 aliphatic carbocycles. The van der Waals surface area contributed by atoms with Gasteiger partial charge < -0.3 is 14.5 Å². The second-order valence-electron chi connectivity index (χ2n) is 5.88. The lowest BCUT2D eigenvalue weighted by molar-refractivity contribution is 0.0568. The summed E-state index contributed by atoms with van der Waals surface area (Å²) < 4.78 is 5.84. The third-order valence-corrected chi connectivity index (χ3v) is 4.17. The molecule has 0 amide bonds. The van der Waals surface area contributed by atoms with Crippen molar-refractivity contribution < 1.29 is 4.74 Å². The maximum Gasteiger partial charge on any atom is 0.147 e. The van der Waals surface area contributed by atoms with Crippen molar-refractivity contribution in [2.24, 2.45) is 5.41 Å². The molecule has 0 N–H and O–H groups in total. The quantitative estimate of drug-likeness (QED) is 0.756. The number of anilines is 1. The van der Waals surface area contributed by atoms with Crippen LogP contribution in [0, 0.1) is 5.41 Å². The number of ether oxygens (including phenoxy) is 1. The van der Waals surface area contributed by atoms with E-state index >= 15 is 0 Å². The van der Waals surface area contributed by atoms with Crippen LogP contribution in [0.4, 0.5) is 5.82 Å². The monoisotopic (exact) mass is 262 g/mol. The lowest BCUT2D eigenvalue weighted by atomic mass is 9.80. The first-order valence-corrected chi connectivity index (χ1v) is 7.05. The zero-order valence-electron chi connectivity index (χ0n) is 11.6. The number of hydrogen-bond acceptors (Lipinski definition) is 5. The minimum atomic E-state index is 0.251. The third-order valence-electron chi connectivity index (χ3n) is 4.17. The highest BCUT2D eigenvalue weighted by molar-refractivity contribution is 5.36. The number of hydrogen-bond donors (Lipinski definition) is 0.